The number of nitrogens with one attached hydrogen (secondary N) is 1. The van der Waals surface area contributed by atoms with Crippen LogP contribution in [-0.4, -0.2) is 17.0 Å². The maximum absolute atomic E-state index is 14.0. The molecule has 1 aliphatic rings. The quantitative estimate of drug-likeness (QED) is 0.730. The van der Waals surface area contributed by atoms with Crippen molar-refractivity contribution in [2.75, 3.05) is 6.54 Å². The van der Waals surface area contributed by atoms with Crippen molar-refractivity contribution in [2.45, 2.75) is 13.0 Å². The molecule has 2 aromatic carbocycles. The number of nitrogens with zero attached hydrogens (tertiary/aromatic N) is 1. The number of fused-ring (bicyclic) bond motifs is 3. The third kappa shape index (κ3) is 2.29. The van der Waals surface area contributed by atoms with Crippen molar-refractivity contribution >= 4 is 16.8 Å². The molecule has 1 aromatic heterocycles. The lowest BCUT2D eigenvalue weighted by Gasteiger charge is -2.10. The number of halogens is 2. The van der Waals surface area contributed by atoms with E-state index in [-0.39, 0.29) is 17.5 Å². The van der Waals surface area contributed by atoms with Gasteiger partial charge in [0.05, 0.1) is 5.52 Å². The number of hydrogen-bond donors (Lipinski definition) is 1. The molecular formula is C18H14F2N2O. The monoisotopic (exact) mass is 312 g/mol. The minimum absolute atomic E-state index is 0.149. The molecular weight excluding hydrogens is 298 g/mol. The number of rotatable bonds is 1. The van der Waals surface area contributed by atoms with Crippen LogP contribution in [-0.2, 0) is 6.54 Å². The van der Waals surface area contributed by atoms with Crippen LogP contribution in [0.4, 0.5) is 8.78 Å². The molecule has 3 aromatic rings. The molecule has 0 spiro atoms. The Morgan fingerprint density at radius 1 is 1.00 bits per heavy atom. The van der Waals surface area contributed by atoms with E-state index in [9.17, 15) is 13.6 Å². The lowest BCUT2D eigenvalue weighted by Crippen LogP contribution is -2.22. The summed E-state index contributed by atoms with van der Waals surface area (Å²) < 4.78 is 29.1. The Morgan fingerprint density at radius 3 is 2.57 bits per heavy atom. The molecule has 0 fully saturated rings. The highest BCUT2D eigenvalue weighted by Crippen LogP contribution is 2.33. The van der Waals surface area contributed by atoms with Crippen molar-refractivity contribution in [3.05, 3.63) is 59.8 Å². The van der Waals surface area contributed by atoms with E-state index < -0.39 is 0 Å². The lowest BCUT2D eigenvalue weighted by atomic mass is 10.0. The Kier molecular flexibility index (Phi) is 3.15. The van der Waals surface area contributed by atoms with Gasteiger partial charge in [-0.3, -0.25) is 4.79 Å². The van der Waals surface area contributed by atoms with Crippen LogP contribution in [0.1, 0.15) is 16.9 Å². The average molecular weight is 312 g/mol. The molecule has 23 heavy (non-hydrogen) atoms. The first-order chi connectivity index (χ1) is 11.1. The number of aryl methyl sites for hydroxylation is 1. The van der Waals surface area contributed by atoms with Crippen LogP contribution >= 0.6 is 0 Å². The predicted octanol–water partition coefficient (Wildman–Crippen LogP) is 3.72. The Balaban J connectivity index is 2.03. The molecule has 5 heteroatoms. The first kappa shape index (κ1) is 13.9. The normalized spacial score (nSPS) is 14.4. The van der Waals surface area contributed by atoms with E-state index in [1.54, 1.807) is 18.2 Å². The molecule has 0 aliphatic carbocycles. The second kappa shape index (κ2) is 5.19. The van der Waals surface area contributed by atoms with Gasteiger partial charge in [0.25, 0.3) is 5.91 Å². The number of benzene rings is 2. The van der Waals surface area contributed by atoms with E-state index in [2.05, 4.69) is 5.32 Å². The summed E-state index contributed by atoms with van der Waals surface area (Å²) in [6, 6.07) is 10.5. The van der Waals surface area contributed by atoms with Crippen molar-refractivity contribution in [3.8, 4) is 11.1 Å². The fraction of sp³-hybridized carbons (Fsp3) is 0.167. The largest absolute Gasteiger partial charge is 0.351 e. The SMILES string of the molecule is O=C1NCCCn2c1cc1cc(F)cc(-c3ccc(F)cc3)c12. The number of amides is 1. The van der Waals surface area contributed by atoms with Crippen LogP contribution in [0.15, 0.2) is 42.5 Å². The summed E-state index contributed by atoms with van der Waals surface area (Å²) in [5.74, 6) is -0.864. The summed E-state index contributed by atoms with van der Waals surface area (Å²) in [5.41, 5.74) is 2.74. The van der Waals surface area contributed by atoms with Crippen molar-refractivity contribution < 1.29 is 13.6 Å². The van der Waals surface area contributed by atoms with Gasteiger partial charge in [-0.1, -0.05) is 12.1 Å². The Morgan fingerprint density at radius 2 is 1.78 bits per heavy atom. The van der Waals surface area contributed by atoms with Gasteiger partial charge in [0, 0.05) is 24.0 Å². The summed E-state index contributed by atoms with van der Waals surface area (Å²) in [7, 11) is 0. The minimum Gasteiger partial charge on any atom is -0.351 e. The minimum atomic E-state index is -0.377. The van der Waals surface area contributed by atoms with E-state index in [0.29, 0.717) is 29.7 Å². The number of carbonyl (C=O) groups is 1. The Bertz CT molecular complexity index is 913. The van der Waals surface area contributed by atoms with E-state index in [1.807, 2.05) is 4.57 Å². The summed E-state index contributed by atoms with van der Waals surface area (Å²) in [4.78, 5) is 12.2. The summed E-state index contributed by atoms with van der Waals surface area (Å²) >= 11 is 0. The fourth-order valence-corrected chi connectivity index (χ4v) is 3.18. The molecule has 0 saturated carbocycles. The van der Waals surface area contributed by atoms with E-state index in [4.69, 9.17) is 0 Å². The number of hydrogen-bond acceptors (Lipinski definition) is 1. The van der Waals surface area contributed by atoms with E-state index in [0.717, 1.165) is 17.5 Å². The highest BCUT2D eigenvalue weighted by molar-refractivity contribution is 6.03. The lowest BCUT2D eigenvalue weighted by molar-refractivity contribution is 0.0951. The molecule has 0 unspecified atom stereocenters. The molecule has 1 aliphatic heterocycles. The number of aromatic nitrogens is 1. The maximum atomic E-state index is 14.0. The van der Waals surface area contributed by atoms with Crippen molar-refractivity contribution in [1.29, 1.82) is 0 Å². The summed E-state index contributed by atoms with van der Waals surface area (Å²) in [6.45, 7) is 1.30. The first-order valence-electron chi connectivity index (χ1n) is 7.50. The van der Waals surface area contributed by atoms with Gasteiger partial charge < -0.3 is 9.88 Å². The molecule has 4 rings (SSSR count). The molecule has 116 valence electrons. The molecule has 0 bridgehead atoms. The maximum Gasteiger partial charge on any atom is 0.267 e. The molecule has 1 amide bonds. The molecule has 3 nitrogen and oxygen atoms in total. The average Bonchev–Trinajstić information content (AvgIpc) is 2.80. The van der Waals surface area contributed by atoms with Crippen LogP contribution < -0.4 is 5.32 Å². The third-order valence-electron chi connectivity index (χ3n) is 4.19. The highest BCUT2D eigenvalue weighted by atomic mass is 19.1. The van der Waals surface area contributed by atoms with Crippen LogP contribution in [0.2, 0.25) is 0 Å². The smallest absolute Gasteiger partial charge is 0.267 e. The fourth-order valence-electron chi connectivity index (χ4n) is 3.18. The van der Waals surface area contributed by atoms with E-state index >= 15 is 0 Å². The Labute approximate surface area is 131 Å². The van der Waals surface area contributed by atoms with Gasteiger partial charge in [0.15, 0.2) is 0 Å². The summed E-state index contributed by atoms with van der Waals surface area (Å²) in [6.07, 6.45) is 0.808. The second-order valence-electron chi connectivity index (χ2n) is 5.69. The van der Waals surface area contributed by atoms with Gasteiger partial charge >= 0.3 is 0 Å². The van der Waals surface area contributed by atoms with E-state index in [1.165, 1.54) is 24.3 Å². The van der Waals surface area contributed by atoms with Gasteiger partial charge in [-0.15, -0.1) is 0 Å². The highest BCUT2D eigenvalue weighted by Gasteiger charge is 2.21. The molecule has 1 N–H and O–H groups in total. The van der Waals surface area contributed by atoms with Crippen LogP contribution in [0.3, 0.4) is 0 Å². The molecule has 0 radical (unpaired) electrons. The molecule has 0 saturated heterocycles. The summed E-state index contributed by atoms with van der Waals surface area (Å²) in [5, 5.41) is 3.52. The predicted molar refractivity (Wildman–Crippen MR) is 84.2 cm³/mol. The van der Waals surface area contributed by atoms with Crippen molar-refractivity contribution in [2.24, 2.45) is 0 Å². The molecule has 2 heterocycles. The third-order valence-corrected chi connectivity index (χ3v) is 4.19. The molecule has 0 atom stereocenters. The van der Waals surface area contributed by atoms with Crippen LogP contribution in [0.5, 0.6) is 0 Å². The zero-order valence-corrected chi connectivity index (χ0v) is 12.3. The van der Waals surface area contributed by atoms with Crippen molar-refractivity contribution in [1.82, 2.24) is 9.88 Å². The zero-order chi connectivity index (χ0) is 16.0. The van der Waals surface area contributed by atoms with Gasteiger partial charge in [-0.25, -0.2) is 8.78 Å². The first-order valence-corrected chi connectivity index (χ1v) is 7.50. The topological polar surface area (TPSA) is 34.0 Å². The van der Waals surface area contributed by atoms with Crippen LogP contribution in [0, 0.1) is 11.6 Å². The van der Waals surface area contributed by atoms with Gasteiger partial charge in [-0.05, 0) is 42.3 Å². The Hall–Kier alpha value is -2.69. The van der Waals surface area contributed by atoms with Gasteiger partial charge in [0.2, 0.25) is 0 Å². The van der Waals surface area contributed by atoms with Crippen LogP contribution in [0.25, 0.3) is 22.0 Å². The zero-order valence-electron chi connectivity index (χ0n) is 12.3. The van der Waals surface area contributed by atoms with Gasteiger partial charge in [0.1, 0.15) is 17.3 Å². The standard InChI is InChI=1S/C18H14F2N2O/c19-13-4-2-11(3-5-13)15-10-14(20)8-12-9-16-18(23)21-6-1-7-22(16)17(12)15/h2-5,8-10H,1,6-7H2,(H,21,23). The van der Waals surface area contributed by atoms with Gasteiger partial charge in [-0.2, -0.15) is 0 Å². The number of carbonyl (C=O) groups excluding carboxylic acids is 1. The van der Waals surface area contributed by atoms with Crippen molar-refractivity contribution in [3.63, 3.8) is 0 Å². The second-order valence-corrected chi connectivity index (χ2v) is 5.69.